The topological polar surface area (TPSA) is 157 Å². The van der Waals surface area contributed by atoms with Gasteiger partial charge in [0.15, 0.2) is 0 Å². The number of sulfonamides is 1. The lowest BCUT2D eigenvalue weighted by Gasteiger charge is -2.35. The van der Waals surface area contributed by atoms with Crippen LogP contribution in [0.5, 0.6) is 5.75 Å². The fraction of sp³-hybridized carbons (Fsp3) is 0.417. The van der Waals surface area contributed by atoms with Crippen molar-refractivity contribution in [3.05, 3.63) is 52.1 Å². The van der Waals surface area contributed by atoms with E-state index < -0.39 is 22.0 Å². The number of fused-ring (bicyclic) bond motifs is 1. The Morgan fingerprint density at radius 3 is 2.38 bits per heavy atom. The average molecular weight is 489 g/mol. The second-order valence-electron chi connectivity index (χ2n) is 9.30. The third-order valence-corrected chi connectivity index (χ3v) is 7.71. The van der Waals surface area contributed by atoms with Crippen LogP contribution in [-0.2, 0) is 27.7 Å². The minimum Gasteiger partial charge on any atom is -0.487 e. The van der Waals surface area contributed by atoms with Gasteiger partial charge in [-0.2, -0.15) is 8.42 Å². The van der Waals surface area contributed by atoms with Crippen LogP contribution in [0.25, 0.3) is 0 Å². The molecule has 0 radical (unpaired) electrons. The molecule has 0 aliphatic carbocycles. The van der Waals surface area contributed by atoms with Gasteiger partial charge in [-0.3, -0.25) is 4.79 Å². The van der Waals surface area contributed by atoms with E-state index in [0.717, 1.165) is 28.9 Å². The zero-order chi connectivity index (χ0) is 25.4. The van der Waals surface area contributed by atoms with E-state index in [0.29, 0.717) is 23.2 Å². The summed E-state index contributed by atoms with van der Waals surface area (Å²) in [5, 5.41) is 11.7. The molecular weight excluding hydrogens is 456 g/mol. The second-order valence-corrected chi connectivity index (χ2v) is 10.8. The summed E-state index contributed by atoms with van der Waals surface area (Å²) >= 11 is 0. The molecule has 0 unspecified atom stereocenters. The van der Waals surface area contributed by atoms with Gasteiger partial charge >= 0.3 is 5.97 Å². The molecular formula is C24H32N4O5S. The van der Waals surface area contributed by atoms with Crippen molar-refractivity contribution in [3.63, 3.8) is 0 Å². The molecule has 10 heteroatoms. The first-order valence-corrected chi connectivity index (χ1v) is 12.4. The summed E-state index contributed by atoms with van der Waals surface area (Å²) in [6.07, 6.45) is 1.67. The molecule has 0 saturated carbocycles. The molecule has 34 heavy (non-hydrogen) atoms. The fourth-order valence-corrected chi connectivity index (χ4v) is 5.59. The number of hydrogen-bond acceptors (Lipinski definition) is 5. The molecule has 184 valence electrons. The number of rotatable bonds is 6. The van der Waals surface area contributed by atoms with E-state index in [4.69, 9.17) is 21.3 Å². The van der Waals surface area contributed by atoms with Gasteiger partial charge in [-0.05, 0) is 93.8 Å². The summed E-state index contributed by atoms with van der Waals surface area (Å²) in [6.45, 7) is 9.43. The predicted octanol–water partition coefficient (Wildman–Crippen LogP) is 2.79. The quantitative estimate of drug-likeness (QED) is 0.357. The number of guanidine groups is 1. The molecule has 0 fully saturated rings. The van der Waals surface area contributed by atoms with E-state index in [9.17, 15) is 13.2 Å². The lowest BCUT2D eigenvalue weighted by Crippen LogP contribution is -2.34. The van der Waals surface area contributed by atoms with Gasteiger partial charge in [0.1, 0.15) is 17.4 Å². The molecule has 6 N–H and O–H groups in total. The molecule has 1 aliphatic heterocycles. The normalized spacial score (nSPS) is 16.4. The first kappa shape index (κ1) is 25.5. The van der Waals surface area contributed by atoms with Gasteiger partial charge in [0.25, 0.3) is 10.0 Å². The molecule has 1 atom stereocenters. The van der Waals surface area contributed by atoms with E-state index in [1.54, 1.807) is 38.1 Å². The van der Waals surface area contributed by atoms with Gasteiger partial charge in [-0.25, -0.2) is 0 Å². The number of carboxylic acid groups (broad SMARTS) is 1. The standard InChI is InChI=1S/C24H32N4O5S/c1-13-14(2)21(15(3)18-10-11-24(4,5)33-20(13)18)34(31,32)28-23(26)27-17-8-6-16(7-9-17)12-19(25)22(29)30/h6-9,19H,10-12,25H2,1-5H3,(H,29,30)(H3,26,27,28)/t19-/m1/s1. The first-order valence-electron chi connectivity index (χ1n) is 11.0. The number of benzene rings is 2. The Balaban J connectivity index is 1.87. The zero-order valence-corrected chi connectivity index (χ0v) is 20.9. The Morgan fingerprint density at radius 1 is 1.18 bits per heavy atom. The summed E-state index contributed by atoms with van der Waals surface area (Å²) in [6, 6.07) is 5.68. The van der Waals surface area contributed by atoms with Crippen LogP contribution in [0, 0.1) is 20.8 Å². The zero-order valence-electron chi connectivity index (χ0n) is 20.1. The van der Waals surface area contributed by atoms with Crippen LogP contribution in [0.4, 0.5) is 5.69 Å². The Hall–Kier alpha value is -3.11. The minimum absolute atomic E-state index is 0.148. The number of carboxylic acids is 1. The third kappa shape index (κ3) is 5.34. The molecule has 0 saturated heterocycles. The molecule has 2 aromatic carbocycles. The minimum atomic E-state index is -4.10. The van der Waals surface area contributed by atoms with E-state index in [-0.39, 0.29) is 22.9 Å². The number of aliphatic carboxylic acids is 1. The van der Waals surface area contributed by atoms with Gasteiger partial charge in [0.2, 0.25) is 5.96 Å². The highest BCUT2D eigenvalue weighted by molar-refractivity contribution is 7.90. The van der Waals surface area contributed by atoms with Crippen molar-refractivity contribution < 1.29 is 23.1 Å². The van der Waals surface area contributed by atoms with Crippen molar-refractivity contribution in [2.75, 3.05) is 5.32 Å². The summed E-state index contributed by atoms with van der Waals surface area (Å²) in [7, 11) is -4.10. The summed E-state index contributed by atoms with van der Waals surface area (Å²) in [4.78, 5) is 11.1. The maximum Gasteiger partial charge on any atom is 0.320 e. The number of hydrogen-bond donors (Lipinski definition) is 4. The monoisotopic (exact) mass is 488 g/mol. The van der Waals surface area contributed by atoms with Crippen molar-refractivity contribution in [1.29, 1.82) is 0 Å². The van der Waals surface area contributed by atoms with Crippen LogP contribution in [0.3, 0.4) is 0 Å². The third-order valence-electron chi connectivity index (χ3n) is 6.14. The Labute approximate surface area is 200 Å². The predicted molar refractivity (Wildman–Crippen MR) is 132 cm³/mol. The number of ether oxygens (including phenoxy) is 1. The van der Waals surface area contributed by atoms with Crippen molar-refractivity contribution >= 4 is 27.6 Å². The van der Waals surface area contributed by atoms with Crippen molar-refractivity contribution in [2.45, 2.75) is 70.4 Å². The molecule has 0 aromatic heterocycles. The first-order chi connectivity index (χ1) is 15.7. The number of nitrogens with one attached hydrogen (secondary N) is 1. The van der Waals surface area contributed by atoms with Crippen LogP contribution in [0.1, 0.15) is 48.1 Å². The Bertz CT molecular complexity index is 1250. The SMILES string of the molecule is Cc1c(C)c(S(=O)(=O)/N=C(/N)Nc2ccc(C[C@@H](N)C(=O)O)cc2)c(C)c2c1OC(C)(C)CC2. The van der Waals surface area contributed by atoms with E-state index in [2.05, 4.69) is 9.71 Å². The highest BCUT2D eigenvalue weighted by Crippen LogP contribution is 2.42. The van der Waals surface area contributed by atoms with Crippen LogP contribution >= 0.6 is 0 Å². The lowest BCUT2D eigenvalue weighted by molar-refractivity contribution is -0.138. The molecule has 0 spiro atoms. The van der Waals surface area contributed by atoms with Gasteiger partial charge in [-0.15, -0.1) is 4.40 Å². The van der Waals surface area contributed by atoms with E-state index in [1.165, 1.54) is 0 Å². The van der Waals surface area contributed by atoms with Crippen LogP contribution in [-0.4, -0.2) is 37.1 Å². The van der Waals surface area contributed by atoms with Crippen LogP contribution in [0.2, 0.25) is 0 Å². The lowest BCUT2D eigenvalue weighted by atomic mass is 9.88. The van der Waals surface area contributed by atoms with E-state index in [1.807, 2.05) is 20.8 Å². The summed E-state index contributed by atoms with van der Waals surface area (Å²) < 4.78 is 36.5. The average Bonchev–Trinajstić information content (AvgIpc) is 2.72. The van der Waals surface area contributed by atoms with Gasteiger partial charge in [-0.1, -0.05) is 12.1 Å². The Kier molecular flexibility index (Phi) is 6.95. The molecule has 9 nitrogen and oxygen atoms in total. The second kappa shape index (κ2) is 9.27. The van der Waals surface area contributed by atoms with Gasteiger partial charge in [0, 0.05) is 5.69 Å². The molecule has 1 aliphatic rings. The smallest absolute Gasteiger partial charge is 0.320 e. The molecule has 3 rings (SSSR count). The number of carbonyl (C=O) groups is 1. The Morgan fingerprint density at radius 2 is 1.79 bits per heavy atom. The molecule has 2 aromatic rings. The highest BCUT2D eigenvalue weighted by atomic mass is 32.2. The number of anilines is 1. The van der Waals surface area contributed by atoms with Crippen molar-refractivity contribution in [3.8, 4) is 5.75 Å². The maximum atomic E-state index is 13.3. The van der Waals surface area contributed by atoms with Crippen molar-refractivity contribution in [2.24, 2.45) is 15.9 Å². The molecule has 0 amide bonds. The number of nitrogens with two attached hydrogens (primary N) is 2. The largest absolute Gasteiger partial charge is 0.487 e. The summed E-state index contributed by atoms with van der Waals surface area (Å²) in [5.41, 5.74) is 15.3. The summed E-state index contributed by atoms with van der Waals surface area (Å²) in [5.74, 6) is -0.605. The van der Waals surface area contributed by atoms with E-state index >= 15 is 0 Å². The number of nitrogens with zero attached hydrogens (tertiary/aromatic N) is 1. The maximum absolute atomic E-state index is 13.3. The molecule has 0 bridgehead atoms. The van der Waals surface area contributed by atoms with Crippen LogP contribution < -0.4 is 21.5 Å². The fourth-order valence-electron chi connectivity index (χ4n) is 4.15. The van der Waals surface area contributed by atoms with Crippen LogP contribution in [0.15, 0.2) is 33.6 Å². The van der Waals surface area contributed by atoms with Gasteiger partial charge in [0.05, 0.1) is 4.90 Å². The molecule has 1 heterocycles. The highest BCUT2D eigenvalue weighted by Gasteiger charge is 2.33. The van der Waals surface area contributed by atoms with Gasteiger partial charge < -0.3 is 26.6 Å². The van der Waals surface area contributed by atoms with Crippen molar-refractivity contribution in [1.82, 2.24) is 0 Å².